The number of ketones is 1. The fraction of sp³-hybridized carbons (Fsp3) is 0.385. The van der Waals surface area contributed by atoms with E-state index < -0.39 is 17.5 Å². The van der Waals surface area contributed by atoms with Crippen LogP contribution in [0.25, 0.3) is 0 Å². The number of halogens is 2. The SMILES string of the molecule is CCOC(=O)C(F)(F)c1ccc(C(C)=O)cc1C. The molecule has 1 aromatic carbocycles. The average molecular weight is 256 g/mol. The molecule has 0 aromatic heterocycles. The molecule has 0 saturated heterocycles. The van der Waals surface area contributed by atoms with Crippen LogP contribution >= 0.6 is 0 Å². The molecule has 0 fully saturated rings. The van der Waals surface area contributed by atoms with Gasteiger partial charge in [-0.2, -0.15) is 8.78 Å². The van der Waals surface area contributed by atoms with Crippen molar-refractivity contribution >= 4 is 11.8 Å². The van der Waals surface area contributed by atoms with E-state index in [1.807, 2.05) is 0 Å². The van der Waals surface area contributed by atoms with Crippen LogP contribution in [0.1, 0.15) is 35.3 Å². The van der Waals surface area contributed by atoms with Crippen molar-refractivity contribution in [1.29, 1.82) is 0 Å². The van der Waals surface area contributed by atoms with Gasteiger partial charge in [-0.3, -0.25) is 4.79 Å². The van der Waals surface area contributed by atoms with Crippen LogP contribution in [-0.4, -0.2) is 18.4 Å². The van der Waals surface area contributed by atoms with Crippen molar-refractivity contribution in [2.75, 3.05) is 6.61 Å². The number of ether oxygens (including phenoxy) is 1. The lowest BCUT2D eigenvalue weighted by Crippen LogP contribution is -2.29. The summed E-state index contributed by atoms with van der Waals surface area (Å²) in [7, 11) is 0. The summed E-state index contributed by atoms with van der Waals surface area (Å²) in [4.78, 5) is 22.3. The number of benzene rings is 1. The summed E-state index contributed by atoms with van der Waals surface area (Å²) < 4.78 is 31.9. The van der Waals surface area contributed by atoms with Gasteiger partial charge in [-0.1, -0.05) is 12.1 Å². The van der Waals surface area contributed by atoms with Gasteiger partial charge in [0.1, 0.15) is 0 Å². The molecule has 0 aliphatic carbocycles. The first-order valence-corrected chi connectivity index (χ1v) is 5.47. The van der Waals surface area contributed by atoms with E-state index in [1.54, 1.807) is 0 Å². The summed E-state index contributed by atoms with van der Waals surface area (Å²) in [5.41, 5.74) is 0.0719. The summed E-state index contributed by atoms with van der Waals surface area (Å²) in [6.45, 7) is 4.12. The third-order valence-corrected chi connectivity index (χ3v) is 2.50. The lowest BCUT2D eigenvalue weighted by atomic mass is 9.98. The van der Waals surface area contributed by atoms with Gasteiger partial charge in [-0.15, -0.1) is 0 Å². The molecule has 0 bridgehead atoms. The Bertz CT molecular complexity index is 481. The Morgan fingerprint density at radius 1 is 1.33 bits per heavy atom. The topological polar surface area (TPSA) is 43.4 Å². The Morgan fingerprint density at radius 2 is 1.94 bits per heavy atom. The third kappa shape index (κ3) is 2.72. The molecule has 0 aliphatic heterocycles. The Labute approximate surface area is 104 Å². The maximum absolute atomic E-state index is 13.8. The molecule has 3 nitrogen and oxygen atoms in total. The van der Waals surface area contributed by atoms with E-state index in [0.29, 0.717) is 5.56 Å². The van der Waals surface area contributed by atoms with E-state index in [2.05, 4.69) is 4.74 Å². The number of Topliss-reactive ketones (excluding diaryl/α,β-unsaturated/α-hetero) is 1. The number of rotatable bonds is 4. The molecule has 0 N–H and O–H groups in total. The van der Waals surface area contributed by atoms with Crippen LogP contribution in [-0.2, 0) is 15.5 Å². The van der Waals surface area contributed by atoms with Crippen molar-refractivity contribution in [3.8, 4) is 0 Å². The van der Waals surface area contributed by atoms with E-state index in [9.17, 15) is 18.4 Å². The number of carbonyl (C=O) groups is 2. The Kier molecular flexibility index (Phi) is 4.16. The number of esters is 1. The van der Waals surface area contributed by atoms with Gasteiger partial charge in [-0.25, -0.2) is 4.79 Å². The zero-order chi connectivity index (χ0) is 13.9. The van der Waals surface area contributed by atoms with Crippen molar-refractivity contribution < 1.29 is 23.1 Å². The number of hydrogen-bond acceptors (Lipinski definition) is 3. The van der Waals surface area contributed by atoms with E-state index in [0.717, 1.165) is 6.07 Å². The molecule has 0 amide bonds. The summed E-state index contributed by atoms with van der Waals surface area (Å²) >= 11 is 0. The molecule has 1 rings (SSSR count). The minimum Gasteiger partial charge on any atom is -0.461 e. The highest BCUT2D eigenvalue weighted by Gasteiger charge is 2.43. The zero-order valence-electron chi connectivity index (χ0n) is 10.4. The smallest absolute Gasteiger partial charge is 0.381 e. The van der Waals surface area contributed by atoms with Gasteiger partial charge in [0.15, 0.2) is 5.78 Å². The first-order valence-electron chi connectivity index (χ1n) is 5.47. The molecule has 0 unspecified atom stereocenters. The third-order valence-electron chi connectivity index (χ3n) is 2.50. The van der Waals surface area contributed by atoms with Crippen LogP contribution in [0, 0.1) is 6.92 Å². The van der Waals surface area contributed by atoms with Crippen LogP contribution in [0.3, 0.4) is 0 Å². The van der Waals surface area contributed by atoms with E-state index in [4.69, 9.17) is 0 Å². The summed E-state index contributed by atoms with van der Waals surface area (Å²) in [6.07, 6.45) is 0. The highest BCUT2D eigenvalue weighted by atomic mass is 19.3. The molecule has 0 saturated carbocycles. The largest absolute Gasteiger partial charge is 0.461 e. The molecule has 0 atom stereocenters. The van der Waals surface area contributed by atoms with Gasteiger partial charge in [0, 0.05) is 11.1 Å². The van der Waals surface area contributed by atoms with Crippen LogP contribution < -0.4 is 0 Å². The second kappa shape index (κ2) is 5.25. The monoisotopic (exact) mass is 256 g/mol. The van der Waals surface area contributed by atoms with Gasteiger partial charge < -0.3 is 4.74 Å². The van der Waals surface area contributed by atoms with Crippen molar-refractivity contribution in [2.45, 2.75) is 26.7 Å². The lowest BCUT2D eigenvalue weighted by molar-refractivity contribution is -0.173. The molecule has 0 aliphatic rings. The maximum Gasteiger partial charge on any atom is 0.381 e. The molecule has 0 heterocycles. The van der Waals surface area contributed by atoms with E-state index in [1.165, 1.54) is 32.9 Å². The number of alkyl halides is 2. The molecular weight excluding hydrogens is 242 g/mol. The maximum atomic E-state index is 13.8. The Hall–Kier alpha value is -1.78. The second-order valence-corrected chi connectivity index (χ2v) is 3.88. The second-order valence-electron chi connectivity index (χ2n) is 3.88. The predicted molar refractivity (Wildman–Crippen MR) is 61.7 cm³/mol. The van der Waals surface area contributed by atoms with Crippen molar-refractivity contribution in [1.82, 2.24) is 0 Å². The molecule has 98 valence electrons. The molecule has 0 spiro atoms. The number of aryl methyl sites for hydroxylation is 1. The van der Waals surface area contributed by atoms with Crippen molar-refractivity contribution in [3.05, 3.63) is 34.9 Å². The molecule has 5 heteroatoms. The van der Waals surface area contributed by atoms with Crippen LogP contribution in [0.4, 0.5) is 8.78 Å². The summed E-state index contributed by atoms with van der Waals surface area (Å²) in [6, 6.07) is 3.70. The number of carbonyl (C=O) groups excluding carboxylic acids is 2. The quantitative estimate of drug-likeness (QED) is 0.614. The molecule has 18 heavy (non-hydrogen) atoms. The molecule has 0 radical (unpaired) electrons. The van der Waals surface area contributed by atoms with Crippen LogP contribution in [0.2, 0.25) is 0 Å². The van der Waals surface area contributed by atoms with Gasteiger partial charge in [0.05, 0.1) is 6.61 Å². The van der Waals surface area contributed by atoms with Crippen LogP contribution in [0.15, 0.2) is 18.2 Å². The van der Waals surface area contributed by atoms with Crippen molar-refractivity contribution in [3.63, 3.8) is 0 Å². The summed E-state index contributed by atoms with van der Waals surface area (Å²) in [5.74, 6) is -5.50. The highest BCUT2D eigenvalue weighted by Crippen LogP contribution is 2.32. The zero-order valence-corrected chi connectivity index (χ0v) is 10.4. The van der Waals surface area contributed by atoms with Gasteiger partial charge >= 0.3 is 11.9 Å². The van der Waals surface area contributed by atoms with Crippen LogP contribution in [0.5, 0.6) is 0 Å². The molecule has 1 aromatic rings. The lowest BCUT2D eigenvalue weighted by Gasteiger charge is -2.17. The summed E-state index contributed by atoms with van der Waals surface area (Å²) in [5, 5.41) is 0. The normalized spacial score (nSPS) is 11.2. The standard InChI is InChI=1S/C13H14F2O3/c1-4-18-12(17)13(14,15)11-6-5-10(9(3)16)7-8(11)2/h5-7H,4H2,1-3H3. The Balaban J connectivity index is 3.17. The number of hydrogen-bond donors (Lipinski definition) is 0. The minimum atomic E-state index is -3.70. The fourth-order valence-corrected chi connectivity index (χ4v) is 1.57. The van der Waals surface area contributed by atoms with Gasteiger partial charge in [0.25, 0.3) is 0 Å². The van der Waals surface area contributed by atoms with Gasteiger partial charge in [-0.05, 0) is 32.4 Å². The molecular formula is C13H14F2O3. The average Bonchev–Trinajstić information content (AvgIpc) is 2.28. The van der Waals surface area contributed by atoms with E-state index >= 15 is 0 Å². The minimum absolute atomic E-state index is 0.112. The predicted octanol–water partition coefficient (Wildman–Crippen LogP) is 2.85. The highest BCUT2D eigenvalue weighted by molar-refractivity contribution is 5.94. The fourth-order valence-electron chi connectivity index (χ4n) is 1.57. The van der Waals surface area contributed by atoms with Crippen molar-refractivity contribution in [2.24, 2.45) is 0 Å². The Morgan fingerprint density at radius 3 is 2.39 bits per heavy atom. The van der Waals surface area contributed by atoms with E-state index in [-0.39, 0.29) is 18.0 Å². The van der Waals surface area contributed by atoms with Gasteiger partial charge in [0.2, 0.25) is 0 Å². The first kappa shape index (κ1) is 14.3. The first-order chi connectivity index (χ1) is 8.30.